The van der Waals surface area contributed by atoms with Crippen LogP contribution in [0.15, 0.2) is 46.7 Å². The Morgan fingerprint density at radius 2 is 1.80 bits per heavy atom. The van der Waals surface area contributed by atoms with Gasteiger partial charge in [-0.3, -0.25) is 4.90 Å². The molecule has 8 nitrogen and oxygen atoms in total. The first-order chi connectivity index (χ1) is 14.4. The minimum atomic E-state index is -3.45. The second-order valence-electron chi connectivity index (χ2n) is 7.05. The number of urea groups is 1. The average Bonchev–Trinajstić information content (AvgIpc) is 3.03. The number of amides is 2. The molecule has 0 aromatic heterocycles. The van der Waals surface area contributed by atoms with Crippen molar-refractivity contribution in [1.29, 1.82) is 5.26 Å². The largest absolute Gasteiger partial charge is 0.379 e. The number of nitrogens with one attached hydrogen (secondary N) is 2. The van der Waals surface area contributed by atoms with Gasteiger partial charge in [0.25, 0.3) is 0 Å². The fourth-order valence-corrected chi connectivity index (χ4v) is 4.67. The Bertz CT molecular complexity index is 1160. The molecule has 1 saturated heterocycles. The predicted octanol–water partition coefficient (Wildman–Crippen LogP) is 2.79. The van der Waals surface area contributed by atoms with Crippen LogP contribution in [0.4, 0.5) is 16.2 Å². The van der Waals surface area contributed by atoms with Crippen LogP contribution in [0.2, 0.25) is 0 Å². The Balaban J connectivity index is 1.46. The molecule has 0 saturated carbocycles. The van der Waals surface area contributed by atoms with E-state index in [1.165, 1.54) is 12.1 Å². The Hall–Kier alpha value is -3.19. The topological polar surface area (TPSA) is 112 Å². The third-order valence-corrected chi connectivity index (χ3v) is 6.45. The first kappa shape index (κ1) is 20.1. The number of ether oxygens (including phenoxy) is 1. The van der Waals surface area contributed by atoms with E-state index in [1.807, 2.05) is 0 Å². The molecule has 0 radical (unpaired) electrons. The predicted molar refractivity (Wildman–Crippen MR) is 113 cm³/mol. The van der Waals surface area contributed by atoms with Gasteiger partial charge in [0.1, 0.15) is 0 Å². The molecule has 30 heavy (non-hydrogen) atoms. The van der Waals surface area contributed by atoms with E-state index in [9.17, 15) is 18.5 Å². The maximum absolute atomic E-state index is 12.4. The van der Waals surface area contributed by atoms with E-state index >= 15 is 0 Å². The van der Waals surface area contributed by atoms with Gasteiger partial charge in [0.2, 0.25) is 9.84 Å². The lowest BCUT2D eigenvalue weighted by molar-refractivity contribution is 0.0341. The van der Waals surface area contributed by atoms with Gasteiger partial charge >= 0.3 is 6.03 Å². The first-order valence-electron chi connectivity index (χ1n) is 9.43. The molecule has 0 aliphatic carbocycles. The van der Waals surface area contributed by atoms with Crippen LogP contribution in [0.25, 0.3) is 6.08 Å². The molecule has 2 aromatic carbocycles. The number of nitrogens with zero attached hydrogens (tertiary/aromatic N) is 2. The van der Waals surface area contributed by atoms with Crippen molar-refractivity contribution in [1.82, 2.24) is 4.90 Å². The van der Waals surface area contributed by atoms with Crippen molar-refractivity contribution >= 4 is 33.3 Å². The summed E-state index contributed by atoms with van der Waals surface area (Å²) in [6.07, 6.45) is 1.53. The van der Waals surface area contributed by atoms with Crippen LogP contribution in [0.1, 0.15) is 16.7 Å². The summed E-state index contributed by atoms with van der Waals surface area (Å²) in [6.45, 7) is 3.50. The van der Waals surface area contributed by atoms with E-state index in [0.717, 1.165) is 24.1 Å². The molecule has 0 atom stereocenters. The molecular formula is C21H20N4O4S. The molecule has 2 aliphatic heterocycles. The van der Waals surface area contributed by atoms with Gasteiger partial charge in [0.05, 0.1) is 29.7 Å². The van der Waals surface area contributed by atoms with Gasteiger partial charge in [-0.05, 0) is 47.5 Å². The quantitative estimate of drug-likeness (QED) is 0.781. The number of carbonyl (C=O) groups excluding carboxylic acids is 1. The van der Waals surface area contributed by atoms with Crippen molar-refractivity contribution in [2.75, 3.05) is 36.9 Å². The molecule has 0 bridgehead atoms. The van der Waals surface area contributed by atoms with Crippen molar-refractivity contribution < 1.29 is 17.9 Å². The molecule has 4 rings (SSSR count). The average molecular weight is 424 g/mol. The highest BCUT2D eigenvalue weighted by Crippen LogP contribution is 2.29. The molecule has 0 unspecified atom stereocenters. The van der Waals surface area contributed by atoms with Gasteiger partial charge < -0.3 is 15.4 Å². The van der Waals surface area contributed by atoms with Gasteiger partial charge in [-0.1, -0.05) is 6.07 Å². The highest BCUT2D eigenvalue weighted by Gasteiger charge is 2.21. The summed E-state index contributed by atoms with van der Waals surface area (Å²) < 4.78 is 29.3. The van der Waals surface area contributed by atoms with Crippen LogP contribution in [0.3, 0.4) is 0 Å². The zero-order valence-electron chi connectivity index (χ0n) is 16.1. The number of nitriles is 1. The Morgan fingerprint density at radius 3 is 2.53 bits per heavy atom. The zero-order valence-corrected chi connectivity index (χ0v) is 16.9. The van der Waals surface area contributed by atoms with E-state index in [1.54, 1.807) is 30.3 Å². The van der Waals surface area contributed by atoms with Gasteiger partial charge in [-0.2, -0.15) is 5.26 Å². The third kappa shape index (κ3) is 4.36. The number of benzene rings is 2. The van der Waals surface area contributed by atoms with Crippen LogP contribution < -0.4 is 10.6 Å². The summed E-state index contributed by atoms with van der Waals surface area (Å²) in [7, 11) is -3.45. The standard InChI is InChI=1S/C21H20N4O4S/c22-13-16-2-4-18(11-17(16)14-25-6-8-29-9-7-25)23-21(26)24-19-3-1-15-5-10-30(27,28)20(15)12-19/h1-5,10-12H,6-9,14H2,(H2,23,24,26). The summed E-state index contributed by atoms with van der Waals surface area (Å²) >= 11 is 0. The minimum absolute atomic E-state index is 0.173. The molecule has 9 heteroatoms. The summed E-state index contributed by atoms with van der Waals surface area (Å²) in [4.78, 5) is 14.8. The smallest absolute Gasteiger partial charge is 0.323 e. The molecule has 1 fully saturated rings. The third-order valence-electron chi connectivity index (χ3n) is 4.99. The van der Waals surface area contributed by atoms with Gasteiger partial charge in [0, 0.05) is 36.4 Å². The van der Waals surface area contributed by atoms with Crippen molar-refractivity contribution in [2.24, 2.45) is 0 Å². The molecule has 2 aromatic rings. The summed E-state index contributed by atoms with van der Waals surface area (Å²) in [5.41, 5.74) is 2.91. The number of sulfone groups is 1. The normalized spacial score (nSPS) is 17.2. The van der Waals surface area contributed by atoms with Crippen LogP contribution >= 0.6 is 0 Å². The van der Waals surface area contributed by atoms with Gasteiger partial charge in [0.15, 0.2) is 0 Å². The Labute approximate surface area is 174 Å². The number of carbonyl (C=O) groups is 1. The van der Waals surface area contributed by atoms with Crippen molar-refractivity contribution in [3.8, 4) is 6.07 Å². The summed E-state index contributed by atoms with van der Waals surface area (Å²) in [5, 5.41) is 15.9. The van der Waals surface area contributed by atoms with E-state index in [2.05, 4.69) is 21.6 Å². The fraction of sp³-hybridized carbons (Fsp3) is 0.238. The maximum atomic E-state index is 12.4. The molecule has 2 aliphatic rings. The number of fused-ring (bicyclic) bond motifs is 1. The lowest BCUT2D eigenvalue weighted by atomic mass is 10.1. The first-order valence-corrected chi connectivity index (χ1v) is 11.0. The maximum Gasteiger partial charge on any atom is 0.323 e. The molecule has 154 valence electrons. The molecular weight excluding hydrogens is 404 g/mol. The Morgan fingerprint density at radius 1 is 1.10 bits per heavy atom. The van der Waals surface area contributed by atoms with Crippen LogP contribution in [0, 0.1) is 11.3 Å². The lowest BCUT2D eigenvalue weighted by Crippen LogP contribution is -2.35. The number of anilines is 2. The molecule has 2 N–H and O–H groups in total. The lowest BCUT2D eigenvalue weighted by Gasteiger charge is -2.27. The van der Waals surface area contributed by atoms with Crippen LogP contribution in [0.5, 0.6) is 0 Å². The summed E-state index contributed by atoms with van der Waals surface area (Å²) in [5.74, 6) is 0. The molecule has 0 spiro atoms. The van der Waals surface area contributed by atoms with Crippen LogP contribution in [-0.2, 0) is 21.1 Å². The van der Waals surface area contributed by atoms with Crippen molar-refractivity contribution in [3.63, 3.8) is 0 Å². The van der Waals surface area contributed by atoms with Gasteiger partial charge in [-0.15, -0.1) is 0 Å². The van der Waals surface area contributed by atoms with E-state index < -0.39 is 15.9 Å². The van der Waals surface area contributed by atoms with Crippen molar-refractivity contribution in [3.05, 3.63) is 58.5 Å². The second kappa shape index (κ2) is 8.28. The van der Waals surface area contributed by atoms with Crippen LogP contribution in [-0.4, -0.2) is 45.7 Å². The Kier molecular flexibility index (Phi) is 5.55. The van der Waals surface area contributed by atoms with E-state index in [-0.39, 0.29) is 4.90 Å². The number of hydrogen-bond acceptors (Lipinski definition) is 6. The number of rotatable bonds is 4. The van der Waals surface area contributed by atoms with E-state index in [0.29, 0.717) is 42.3 Å². The summed E-state index contributed by atoms with van der Waals surface area (Å²) in [6, 6.07) is 11.5. The number of morpholine rings is 1. The molecule has 2 amide bonds. The van der Waals surface area contributed by atoms with E-state index in [4.69, 9.17) is 4.74 Å². The highest BCUT2D eigenvalue weighted by molar-refractivity contribution is 7.94. The van der Waals surface area contributed by atoms with Crippen molar-refractivity contribution in [2.45, 2.75) is 11.4 Å². The SMILES string of the molecule is N#Cc1ccc(NC(=O)Nc2ccc3c(c2)S(=O)(=O)C=C3)cc1CN1CCOCC1. The zero-order chi connectivity index (χ0) is 21.1. The highest BCUT2D eigenvalue weighted by atomic mass is 32.2. The molecule has 2 heterocycles. The van der Waals surface area contributed by atoms with Gasteiger partial charge in [-0.25, -0.2) is 13.2 Å². The second-order valence-corrected chi connectivity index (χ2v) is 8.85. The number of hydrogen-bond donors (Lipinski definition) is 2. The fourth-order valence-electron chi connectivity index (χ4n) is 3.44. The monoisotopic (exact) mass is 424 g/mol. The minimum Gasteiger partial charge on any atom is -0.379 e.